The minimum Gasteiger partial charge on any atom is -0.334 e. The van der Waals surface area contributed by atoms with Gasteiger partial charge in [-0.05, 0) is 25.7 Å². The lowest BCUT2D eigenvalue weighted by Crippen LogP contribution is -2.60. The molecule has 6 nitrogen and oxygen atoms in total. The van der Waals surface area contributed by atoms with E-state index in [2.05, 4.69) is 5.32 Å². The topological polar surface area (TPSA) is 89.5 Å². The third-order valence-corrected chi connectivity index (χ3v) is 11.1. The molecular formula is C13H23NO5S2. The highest BCUT2D eigenvalue weighted by Crippen LogP contribution is 2.41. The van der Waals surface area contributed by atoms with Gasteiger partial charge in [-0.25, -0.2) is 16.8 Å². The SMILES string of the molecule is O=S(=O)(C1CCCC1)C1(S(=O)(=O)C2CCCC2)NCCO1. The molecule has 1 saturated heterocycles. The lowest BCUT2D eigenvalue weighted by Gasteiger charge is -2.32. The van der Waals surface area contributed by atoms with Crippen molar-refractivity contribution >= 4 is 19.7 Å². The van der Waals surface area contributed by atoms with E-state index >= 15 is 0 Å². The van der Waals surface area contributed by atoms with Crippen molar-refractivity contribution in [1.82, 2.24) is 5.32 Å². The molecule has 2 saturated carbocycles. The Bertz CT molecular complexity index is 532. The Morgan fingerprint density at radius 2 is 1.24 bits per heavy atom. The second kappa shape index (κ2) is 5.47. The first-order chi connectivity index (χ1) is 9.92. The zero-order valence-corrected chi connectivity index (χ0v) is 13.7. The number of sulfone groups is 2. The number of ether oxygens (including phenoxy) is 1. The van der Waals surface area contributed by atoms with E-state index < -0.39 is 34.6 Å². The molecule has 122 valence electrons. The number of rotatable bonds is 4. The standard InChI is InChI=1S/C13H23NO5S2/c15-20(16,11-5-1-2-6-11)13(14-9-10-19-13)21(17,18)12-7-3-4-8-12/h11-12,14H,1-10H2. The summed E-state index contributed by atoms with van der Waals surface area (Å²) in [6.07, 6.45) is 5.50. The van der Waals surface area contributed by atoms with Crippen LogP contribution in [0.5, 0.6) is 0 Å². The van der Waals surface area contributed by atoms with Gasteiger partial charge in [0.05, 0.1) is 17.1 Å². The predicted octanol–water partition coefficient (Wildman–Crippen LogP) is 0.932. The van der Waals surface area contributed by atoms with Crippen LogP contribution in [0.15, 0.2) is 0 Å². The summed E-state index contributed by atoms with van der Waals surface area (Å²) in [5.41, 5.74) is 0. The van der Waals surface area contributed by atoms with Gasteiger partial charge in [-0.1, -0.05) is 25.7 Å². The van der Waals surface area contributed by atoms with Gasteiger partial charge in [-0.15, -0.1) is 0 Å². The Labute approximate surface area is 126 Å². The van der Waals surface area contributed by atoms with Gasteiger partial charge in [-0.3, -0.25) is 5.32 Å². The molecule has 1 heterocycles. The molecule has 2 aliphatic carbocycles. The Kier molecular flexibility index (Phi) is 4.09. The van der Waals surface area contributed by atoms with Gasteiger partial charge in [0.1, 0.15) is 0 Å². The molecule has 21 heavy (non-hydrogen) atoms. The number of hydrogen-bond donors (Lipinski definition) is 1. The molecule has 0 amide bonds. The van der Waals surface area contributed by atoms with Crippen molar-refractivity contribution in [1.29, 1.82) is 0 Å². The first-order valence-electron chi connectivity index (χ1n) is 7.78. The summed E-state index contributed by atoms with van der Waals surface area (Å²) in [7, 11) is -7.83. The van der Waals surface area contributed by atoms with Crippen LogP contribution in [0.4, 0.5) is 0 Å². The van der Waals surface area contributed by atoms with Crippen molar-refractivity contribution in [3.05, 3.63) is 0 Å². The summed E-state index contributed by atoms with van der Waals surface area (Å²) in [5, 5.41) is 1.51. The summed E-state index contributed by atoms with van der Waals surface area (Å²) >= 11 is 0. The molecule has 0 aromatic heterocycles. The first kappa shape index (κ1) is 15.7. The van der Waals surface area contributed by atoms with Crippen molar-refractivity contribution in [3.63, 3.8) is 0 Å². The van der Waals surface area contributed by atoms with Crippen LogP contribution in [0.25, 0.3) is 0 Å². The average Bonchev–Trinajstić information content (AvgIpc) is 3.19. The molecule has 1 aliphatic heterocycles. The van der Waals surface area contributed by atoms with Crippen LogP contribution in [0.2, 0.25) is 0 Å². The van der Waals surface area contributed by atoms with Gasteiger partial charge in [0.15, 0.2) is 0 Å². The van der Waals surface area contributed by atoms with Gasteiger partial charge in [-0.2, -0.15) is 0 Å². The van der Waals surface area contributed by atoms with Crippen molar-refractivity contribution < 1.29 is 21.6 Å². The fourth-order valence-electron chi connectivity index (χ4n) is 3.80. The molecule has 0 bridgehead atoms. The van der Waals surface area contributed by atoms with Gasteiger partial charge in [0.25, 0.3) is 0 Å². The molecule has 0 unspecified atom stereocenters. The van der Waals surface area contributed by atoms with Crippen LogP contribution >= 0.6 is 0 Å². The zero-order chi connectivity index (χ0) is 15.1. The summed E-state index contributed by atoms with van der Waals surface area (Å²) in [6.45, 7) is 0.385. The maximum Gasteiger partial charge on any atom is 0.327 e. The molecule has 0 aromatic carbocycles. The monoisotopic (exact) mass is 337 g/mol. The van der Waals surface area contributed by atoms with Crippen molar-refractivity contribution in [2.24, 2.45) is 0 Å². The summed E-state index contributed by atoms with van der Waals surface area (Å²) in [5.74, 6) is 0. The molecule has 8 heteroatoms. The fraction of sp³-hybridized carbons (Fsp3) is 1.00. The molecule has 0 radical (unpaired) electrons. The van der Waals surface area contributed by atoms with Crippen LogP contribution in [0.1, 0.15) is 51.4 Å². The normalized spacial score (nSPS) is 28.4. The molecule has 3 fully saturated rings. The maximum atomic E-state index is 13.0. The first-order valence-corrected chi connectivity index (χ1v) is 10.9. The smallest absolute Gasteiger partial charge is 0.327 e. The average molecular weight is 337 g/mol. The molecule has 0 aromatic rings. The predicted molar refractivity (Wildman–Crippen MR) is 79.0 cm³/mol. The molecule has 1 N–H and O–H groups in total. The molecule has 3 aliphatic rings. The molecule has 3 rings (SSSR count). The van der Waals surface area contributed by atoms with E-state index in [-0.39, 0.29) is 13.2 Å². The van der Waals surface area contributed by atoms with Crippen LogP contribution in [-0.4, -0.2) is 44.9 Å². The quantitative estimate of drug-likeness (QED) is 0.821. The van der Waals surface area contributed by atoms with Gasteiger partial charge in [0, 0.05) is 6.54 Å². The summed E-state index contributed by atoms with van der Waals surface area (Å²) < 4.78 is 55.2. The largest absolute Gasteiger partial charge is 0.334 e. The number of nitrogens with one attached hydrogen (secondary N) is 1. The van der Waals surface area contributed by atoms with E-state index in [4.69, 9.17) is 4.74 Å². The molecule has 0 spiro atoms. The van der Waals surface area contributed by atoms with Gasteiger partial charge < -0.3 is 4.74 Å². The molecular weight excluding hydrogens is 314 g/mol. The van der Waals surface area contributed by atoms with E-state index in [1.807, 2.05) is 0 Å². The van der Waals surface area contributed by atoms with E-state index in [0.717, 1.165) is 25.7 Å². The van der Waals surface area contributed by atoms with Crippen LogP contribution in [0.3, 0.4) is 0 Å². The highest BCUT2D eigenvalue weighted by Gasteiger charge is 2.63. The van der Waals surface area contributed by atoms with Crippen LogP contribution < -0.4 is 5.32 Å². The Morgan fingerprint density at radius 3 is 1.57 bits per heavy atom. The maximum absolute atomic E-state index is 13.0. The van der Waals surface area contributed by atoms with E-state index in [1.165, 1.54) is 0 Å². The number of hydrogen-bond acceptors (Lipinski definition) is 6. The lowest BCUT2D eigenvalue weighted by atomic mass is 10.4. The Morgan fingerprint density at radius 1 is 0.810 bits per heavy atom. The second-order valence-electron chi connectivity index (χ2n) is 6.23. The van der Waals surface area contributed by atoms with Gasteiger partial charge >= 0.3 is 4.39 Å². The van der Waals surface area contributed by atoms with E-state index in [1.54, 1.807) is 0 Å². The van der Waals surface area contributed by atoms with Crippen molar-refractivity contribution in [2.75, 3.05) is 13.2 Å². The minimum absolute atomic E-state index is 0.123. The Balaban J connectivity index is 2.03. The zero-order valence-electron chi connectivity index (χ0n) is 12.1. The minimum atomic E-state index is -3.92. The van der Waals surface area contributed by atoms with Crippen molar-refractivity contribution in [2.45, 2.75) is 66.3 Å². The fourth-order valence-corrected chi connectivity index (χ4v) is 9.80. The second-order valence-corrected chi connectivity index (χ2v) is 11.2. The summed E-state index contributed by atoms with van der Waals surface area (Å²) in [6, 6.07) is 0. The highest BCUT2D eigenvalue weighted by atomic mass is 32.3. The van der Waals surface area contributed by atoms with E-state index in [0.29, 0.717) is 25.7 Å². The van der Waals surface area contributed by atoms with Crippen LogP contribution in [-0.2, 0) is 24.4 Å². The van der Waals surface area contributed by atoms with Gasteiger partial charge in [0.2, 0.25) is 19.7 Å². The lowest BCUT2D eigenvalue weighted by molar-refractivity contribution is 0.122. The Hall–Kier alpha value is -0.180. The van der Waals surface area contributed by atoms with E-state index in [9.17, 15) is 16.8 Å². The third-order valence-electron chi connectivity index (χ3n) is 4.97. The molecule has 0 atom stereocenters. The third kappa shape index (κ3) is 2.26. The van der Waals surface area contributed by atoms with Crippen molar-refractivity contribution in [3.8, 4) is 0 Å². The highest BCUT2D eigenvalue weighted by molar-refractivity contribution is 8.10. The summed E-state index contributed by atoms with van der Waals surface area (Å²) in [4.78, 5) is 0. The van der Waals surface area contributed by atoms with Crippen LogP contribution in [0, 0.1) is 0 Å².